The highest BCUT2D eigenvalue weighted by atomic mass is 35.5. The van der Waals surface area contributed by atoms with Gasteiger partial charge in [-0.05, 0) is 37.3 Å². The zero-order chi connectivity index (χ0) is 18.7. The lowest BCUT2D eigenvalue weighted by Gasteiger charge is -2.17. The standard InChI is InChI=1S/C19H16Cl2N4O/c1-12-11-16(18(26)25(2)13-7-4-3-5-8-13)24-19(22-12)23-15-10-6-9-14(20)17(15)21/h3-11H,1-2H3,(H,22,23,24). The third kappa shape index (κ3) is 3.95. The molecule has 0 aliphatic heterocycles. The number of hydrogen-bond donors (Lipinski definition) is 1. The van der Waals surface area contributed by atoms with Crippen LogP contribution >= 0.6 is 23.2 Å². The Morgan fingerprint density at radius 2 is 1.77 bits per heavy atom. The van der Waals surface area contributed by atoms with Crippen molar-refractivity contribution in [1.29, 1.82) is 0 Å². The van der Waals surface area contributed by atoms with Crippen LogP contribution in [0.1, 0.15) is 16.2 Å². The van der Waals surface area contributed by atoms with Gasteiger partial charge in [0.2, 0.25) is 5.95 Å². The molecular formula is C19H16Cl2N4O. The fourth-order valence-corrected chi connectivity index (χ4v) is 2.74. The summed E-state index contributed by atoms with van der Waals surface area (Å²) in [6.45, 7) is 1.80. The van der Waals surface area contributed by atoms with E-state index in [9.17, 15) is 4.79 Å². The predicted octanol–water partition coefficient (Wildman–Crippen LogP) is 5.11. The van der Waals surface area contributed by atoms with Gasteiger partial charge in [-0.15, -0.1) is 0 Å². The molecule has 1 N–H and O–H groups in total. The normalized spacial score (nSPS) is 10.5. The predicted molar refractivity (Wildman–Crippen MR) is 106 cm³/mol. The summed E-state index contributed by atoms with van der Waals surface area (Å²) in [7, 11) is 1.70. The van der Waals surface area contributed by atoms with Crippen LogP contribution < -0.4 is 10.2 Å². The Morgan fingerprint density at radius 1 is 1.04 bits per heavy atom. The number of para-hydroxylation sites is 1. The molecule has 0 fully saturated rings. The molecule has 0 atom stereocenters. The third-order valence-electron chi connectivity index (χ3n) is 3.72. The van der Waals surface area contributed by atoms with Crippen LogP contribution in [0.15, 0.2) is 54.6 Å². The zero-order valence-corrected chi connectivity index (χ0v) is 15.7. The maximum absolute atomic E-state index is 12.8. The number of halogens is 2. The van der Waals surface area contributed by atoms with Crippen LogP contribution in [0.3, 0.4) is 0 Å². The fraction of sp³-hybridized carbons (Fsp3) is 0.105. The smallest absolute Gasteiger partial charge is 0.276 e. The van der Waals surface area contributed by atoms with Gasteiger partial charge in [0.25, 0.3) is 5.91 Å². The lowest BCUT2D eigenvalue weighted by Crippen LogP contribution is -2.27. The number of amides is 1. The van der Waals surface area contributed by atoms with Gasteiger partial charge >= 0.3 is 0 Å². The van der Waals surface area contributed by atoms with Crippen molar-refractivity contribution in [2.45, 2.75) is 6.92 Å². The van der Waals surface area contributed by atoms with E-state index in [0.717, 1.165) is 5.69 Å². The molecule has 0 unspecified atom stereocenters. The average Bonchev–Trinajstić information content (AvgIpc) is 2.64. The van der Waals surface area contributed by atoms with Crippen molar-refractivity contribution >= 4 is 46.4 Å². The molecule has 1 amide bonds. The van der Waals surface area contributed by atoms with Crippen molar-refractivity contribution < 1.29 is 4.79 Å². The molecule has 26 heavy (non-hydrogen) atoms. The minimum atomic E-state index is -0.234. The summed E-state index contributed by atoms with van der Waals surface area (Å²) in [6, 6.07) is 16.2. The van der Waals surface area contributed by atoms with E-state index in [4.69, 9.17) is 23.2 Å². The van der Waals surface area contributed by atoms with Gasteiger partial charge in [-0.2, -0.15) is 0 Å². The summed E-state index contributed by atoms with van der Waals surface area (Å²) in [5.41, 5.74) is 2.29. The summed E-state index contributed by atoms with van der Waals surface area (Å²) < 4.78 is 0. The van der Waals surface area contributed by atoms with Crippen LogP contribution in [-0.2, 0) is 0 Å². The van der Waals surface area contributed by atoms with Crippen LogP contribution in [-0.4, -0.2) is 22.9 Å². The van der Waals surface area contributed by atoms with Crippen molar-refractivity contribution in [3.63, 3.8) is 0 Å². The number of nitrogens with zero attached hydrogens (tertiary/aromatic N) is 3. The van der Waals surface area contributed by atoms with E-state index in [-0.39, 0.29) is 17.5 Å². The molecule has 3 rings (SSSR count). The SMILES string of the molecule is Cc1cc(C(=O)N(C)c2ccccc2)nc(Nc2cccc(Cl)c2Cl)n1. The molecular weight excluding hydrogens is 371 g/mol. The number of hydrogen-bond acceptors (Lipinski definition) is 4. The van der Waals surface area contributed by atoms with Crippen LogP contribution in [0, 0.1) is 6.92 Å². The van der Waals surface area contributed by atoms with Gasteiger partial charge in [0.05, 0.1) is 15.7 Å². The first kappa shape index (κ1) is 18.2. The van der Waals surface area contributed by atoms with Gasteiger partial charge in [0.1, 0.15) is 5.69 Å². The number of anilines is 3. The number of aromatic nitrogens is 2. The molecule has 5 nitrogen and oxygen atoms in total. The molecule has 1 aromatic heterocycles. The summed E-state index contributed by atoms with van der Waals surface area (Å²) in [5.74, 6) is 0.0425. The van der Waals surface area contributed by atoms with Gasteiger partial charge in [0, 0.05) is 18.4 Å². The molecule has 7 heteroatoms. The molecule has 0 aliphatic rings. The van der Waals surface area contributed by atoms with Crippen LogP contribution in [0.2, 0.25) is 10.0 Å². The van der Waals surface area contributed by atoms with Crippen LogP contribution in [0.25, 0.3) is 0 Å². The molecule has 3 aromatic rings. The molecule has 0 saturated heterocycles. The molecule has 0 radical (unpaired) electrons. The van der Waals surface area contributed by atoms with E-state index in [0.29, 0.717) is 21.4 Å². The summed E-state index contributed by atoms with van der Waals surface area (Å²) in [4.78, 5) is 23.0. The lowest BCUT2D eigenvalue weighted by molar-refractivity contribution is 0.0988. The highest BCUT2D eigenvalue weighted by Crippen LogP contribution is 2.31. The van der Waals surface area contributed by atoms with Crippen molar-refractivity contribution in [2.75, 3.05) is 17.3 Å². The van der Waals surface area contributed by atoms with Gasteiger partial charge in [-0.25, -0.2) is 9.97 Å². The number of carbonyl (C=O) groups is 1. The highest BCUT2D eigenvalue weighted by molar-refractivity contribution is 6.43. The second-order valence-electron chi connectivity index (χ2n) is 5.64. The van der Waals surface area contributed by atoms with Crippen molar-refractivity contribution in [3.8, 4) is 0 Å². The van der Waals surface area contributed by atoms with E-state index in [2.05, 4.69) is 15.3 Å². The Balaban J connectivity index is 1.90. The third-order valence-corrected chi connectivity index (χ3v) is 4.54. The fourth-order valence-electron chi connectivity index (χ4n) is 2.40. The average molecular weight is 387 g/mol. The van der Waals surface area contributed by atoms with Crippen LogP contribution in [0.4, 0.5) is 17.3 Å². The van der Waals surface area contributed by atoms with E-state index >= 15 is 0 Å². The van der Waals surface area contributed by atoms with Gasteiger partial charge in [0.15, 0.2) is 0 Å². The van der Waals surface area contributed by atoms with Crippen molar-refractivity contribution in [1.82, 2.24) is 9.97 Å². The summed E-state index contributed by atoms with van der Waals surface area (Å²) in [6.07, 6.45) is 0. The lowest BCUT2D eigenvalue weighted by atomic mass is 10.2. The topological polar surface area (TPSA) is 58.1 Å². The number of rotatable bonds is 4. The van der Waals surface area contributed by atoms with Gasteiger partial charge in [-0.1, -0.05) is 47.5 Å². The minimum absolute atomic E-state index is 0.234. The molecule has 2 aromatic carbocycles. The molecule has 0 bridgehead atoms. The summed E-state index contributed by atoms with van der Waals surface area (Å²) in [5, 5.41) is 3.81. The Kier molecular flexibility index (Phi) is 5.40. The highest BCUT2D eigenvalue weighted by Gasteiger charge is 2.17. The van der Waals surface area contributed by atoms with Crippen molar-refractivity contribution in [2.24, 2.45) is 0 Å². The van der Waals surface area contributed by atoms with E-state index in [1.807, 2.05) is 30.3 Å². The number of nitrogens with one attached hydrogen (secondary N) is 1. The number of benzene rings is 2. The zero-order valence-electron chi connectivity index (χ0n) is 14.2. The Labute approximate surface area is 161 Å². The molecule has 1 heterocycles. The monoisotopic (exact) mass is 386 g/mol. The number of carbonyl (C=O) groups excluding carboxylic acids is 1. The molecule has 132 valence electrons. The summed E-state index contributed by atoms with van der Waals surface area (Å²) >= 11 is 12.2. The Bertz CT molecular complexity index is 948. The second kappa shape index (κ2) is 7.72. The maximum atomic E-state index is 12.8. The molecule has 0 aliphatic carbocycles. The minimum Gasteiger partial charge on any atom is -0.323 e. The van der Waals surface area contributed by atoms with Crippen LogP contribution in [0.5, 0.6) is 0 Å². The first-order valence-electron chi connectivity index (χ1n) is 7.85. The molecule has 0 spiro atoms. The van der Waals surface area contributed by atoms with E-state index in [1.54, 1.807) is 38.2 Å². The van der Waals surface area contributed by atoms with Crippen molar-refractivity contribution in [3.05, 3.63) is 76.0 Å². The Hall–Kier alpha value is -2.63. The van der Waals surface area contributed by atoms with Gasteiger partial charge < -0.3 is 10.2 Å². The Morgan fingerprint density at radius 3 is 2.50 bits per heavy atom. The van der Waals surface area contributed by atoms with E-state index < -0.39 is 0 Å². The first-order valence-corrected chi connectivity index (χ1v) is 8.61. The quantitative estimate of drug-likeness (QED) is 0.676. The molecule has 0 saturated carbocycles. The largest absolute Gasteiger partial charge is 0.323 e. The van der Waals surface area contributed by atoms with E-state index in [1.165, 1.54) is 4.90 Å². The number of aryl methyl sites for hydroxylation is 1. The maximum Gasteiger partial charge on any atom is 0.276 e. The second-order valence-corrected chi connectivity index (χ2v) is 6.43. The first-order chi connectivity index (χ1) is 12.5. The van der Waals surface area contributed by atoms with Gasteiger partial charge in [-0.3, -0.25) is 4.79 Å².